The molecule has 0 atom stereocenters. The van der Waals surface area contributed by atoms with E-state index in [1.165, 1.54) is 0 Å². The lowest BCUT2D eigenvalue weighted by Crippen LogP contribution is -2.44. The molecule has 0 aliphatic carbocycles. The molecule has 0 amide bonds. The number of nitrogens with zero attached hydrogens (tertiary/aromatic N) is 6. The lowest BCUT2D eigenvalue weighted by Gasteiger charge is -2.33. The van der Waals surface area contributed by atoms with Gasteiger partial charge in [0.25, 0.3) is 0 Å². The molecule has 1 N–H and O–H groups in total. The monoisotopic (exact) mass is 347 g/mol. The third kappa shape index (κ3) is 3.78. The van der Waals surface area contributed by atoms with Crippen LogP contribution in [0.15, 0.2) is 55.1 Å². The number of nitrogens with one attached hydrogen (secondary N) is 1. The summed E-state index contributed by atoms with van der Waals surface area (Å²) < 4.78 is 0. The Hall–Kier alpha value is -3.06. The summed E-state index contributed by atoms with van der Waals surface area (Å²) in [6.45, 7) is 4.21. The van der Waals surface area contributed by atoms with Crippen LogP contribution < -0.4 is 10.2 Å². The molecule has 0 bridgehead atoms. The van der Waals surface area contributed by atoms with Crippen LogP contribution in [0, 0.1) is 0 Å². The number of hydrogen-bond donors (Lipinski definition) is 1. The van der Waals surface area contributed by atoms with Crippen LogP contribution in [-0.4, -0.2) is 58.1 Å². The highest BCUT2D eigenvalue weighted by Crippen LogP contribution is 2.20. The van der Waals surface area contributed by atoms with Crippen molar-refractivity contribution in [3.63, 3.8) is 0 Å². The molecule has 1 saturated heterocycles. The fourth-order valence-electron chi connectivity index (χ4n) is 2.92. The highest BCUT2D eigenvalue weighted by molar-refractivity contribution is 5.60. The Labute approximate surface area is 152 Å². The summed E-state index contributed by atoms with van der Waals surface area (Å²) in [6.07, 6.45) is 7.17. The molecule has 0 spiro atoms. The second-order valence-corrected chi connectivity index (χ2v) is 6.32. The third-order valence-electron chi connectivity index (χ3n) is 4.47. The van der Waals surface area contributed by atoms with Gasteiger partial charge in [0.1, 0.15) is 5.82 Å². The Morgan fingerprint density at radius 3 is 2.54 bits per heavy atom. The number of aromatic nitrogens is 4. The van der Waals surface area contributed by atoms with Crippen molar-refractivity contribution in [2.24, 2.45) is 0 Å². The molecular weight excluding hydrogens is 326 g/mol. The van der Waals surface area contributed by atoms with Gasteiger partial charge in [-0.3, -0.25) is 4.98 Å². The summed E-state index contributed by atoms with van der Waals surface area (Å²) in [5.74, 6) is 1.25. The molecule has 1 aliphatic heterocycles. The Kier molecular flexibility index (Phi) is 4.70. The SMILES string of the molecule is CN1CCN(c2ccc(Nc3nccc(-c4cccnc4)n3)nc2)CC1. The van der Waals surface area contributed by atoms with Crippen LogP contribution in [0.3, 0.4) is 0 Å². The Morgan fingerprint density at radius 2 is 1.81 bits per heavy atom. The largest absolute Gasteiger partial charge is 0.368 e. The van der Waals surface area contributed by atoms with E-state index in [4.69, 9.17) is 0 Å². The van der Waals surface area contributed by atoms with Crippen molar-refractivity contribution < 1.29 is 0 Å². The fourth-order valence-corrected chi connectivity index (χ4v) is 2.92. The summed E-state index contributed by atoms with van der Waals surface area (Å²) in [5, 5.41) is 3.17. The normalized spacial score (nSPS) is 15.0. The molecule has 4 rings (SSSR count). The first-order valence-corrected chi connectivity index (χ1v) is 8.68. The van der Waals surface area contributed by atoms with Gasteiger partial charge < -0.3 is 15.1 Å². The fraction of sp³-hybridized carbons (Fsp3) is 0.263. The Morgan fingerprint density at radius 1 is 0.923 bits per heavy atom. The van der Waals surface area contributed by atoms with E-state index >= 15 is 0 Å². The Balaban J connectivity index is 1.46. The molecule has 0 aromatic carbocycles. The molecule has 26 heavy (non-hydrogen) atoms. The lowest BCUT2D eigenvalue weighted by molar-refractivity contribution is 0.313. The second-order valence-electron chi connectivity index (χ2n) is 6.32. The minimum absolute atomic E-state index is 0.520. The van der Waals surface area contributed by atoms with Gasteiger partial charge in [-0.15, -0.1) is 0 Å². The van der Waals surface area contributed by atoms with Crippen molar-refractivity contribution >= 4 is 17.5 Å². The average molecular weight is 347 g/mol. The highest BCUT2D eigenvalue weighted by Gasteiger charge is 2.14. The van der Waals surface area contributed by atoms with Crippen LogP contribution in [-0.2, 0) is 0 Å². The van der Waals surface area contributed by atoms with Gasteiger partial charge in [-0.1, -0.05) is 0 Å². The molecule has 7 heteroatoms. The van der Waals surface area contributed by atoms with Crippen molar-refractivity contribution in [3.05, 3.63) is 55.1 Å². The van der Waals surface area contributed by atoms with Gasteiger partial charge in [0, 0.05) is 50.3 Å². The predicted octanol–water partition coefficient (Wildman–Crippen LogP) is 2.43. The zero-order valence-electron chi connectivity index (χ0n) is 14.7. The minimum atomic E-state index is 0.520. The summed E-state index contributed by atoms with van der Waals surface area (Å²) in [7, 11) is 2.15. The standard InChI is InChI=1S/C19H21N7/c1-25-9-11-26(12-10-25)16-4-5-18(22-14-16)24-19-21-8-6-17(23-19)15-3-2-7-20-13-15/h2-8,13-14H,9-12H2,1H3,(H,21,22,23,24). The highest BCUT2D eigenvalue weighted by atomic mass is 15.3. The Bertz CT molecular complexity index is 843. The molecule has 132 valence electrons. The van der Waals surface area contributed by atoms with E-state index in [0.29, 0.717) is 5.95 Å². The topological polar surface area (TPSA) is 70.1 Å². The molecule has 1 fully saturated rings. The van der Waals surface area contributed by atoms with Crippen molar-refractivity contribution in [3.8, 4) is 11.3 Å². The maximum atomic E-state index is 4.54. The van der Waals surface area contributed by atoms with Gasteiger partial charge in [-0.25, -0.2) is 15.0 Å². The molecule has 0 saturated carbocycles. The van der Waals surface area contributed by atoms with E-state index in [2.05, 4.69) is 48.2 Å². The molecule has 4 heterocycles. The summed E-state index contributed by atoms with van der Waals surface area (Å²) >= 11 is 0. The third-order valence-corrected chi connectivity index (χ3v) is 4.47. The van der Waals surface area contributed by atoms with Gasteiger partial charge in [-0.05, 0) is 37.4 Å². The average Bonchev–Trinajstić information content (AvgIpc) is 2.70. The lowest BCUT2D eigenvalue weighted by atomic mass is 10.2. The van der Waals surface area contributed by atoms with Crippen molar-refractivity contribution in [2.45, 2.75) is 0 Å². The quantitative estimate of drug-likeness (QED) is 0.777. The first kappa shape index (κ1) is 16.4. The van der Waals surface area contributed by atoms with Crippen LogP contribution in [0.5, 0.6) is 0 Å². The predicted molar refractivity (Wildman–Crippen MR) is 102 cm³/mol. The van der Waals surface area contributed by atoms with Crippen molar-refractivity contribution in [1.29, 1.82) is 0 Å². The van der Waals surface area contributed by atoms with Gasteiger partial charge in [-0.2, -0.15) is 0 Å². The van der Waals surface area contributed by atoms with E-state index in [9.17, 15) is 0 Å². The zero-order chi connectivity index (χ0) is 17.8. The molecule has 7 nitrogen and oxygen atoms in total. The summed E-state index contributed by atoms with van der Waals surface area (Å²) in [4.78, 5) is 22.2. The summed E-state index contributed by atoms with van der Waals surface area (Å²) in [6, 6.07) is 9.79. The number of hydrogen-bond acceptors (Lipinski definition) is 7. The molecule has 0 unspecified atom stereocenters. The van der Waals surface area contributed by atoms with E-state index in [-0.39, 0.29) is 0 Å². The minimum Gasteiger partial charge on any atom is -0.368 e. The summed E-state index contributed by atoms with van der Waals surface area (Å²) in [5.41, 5.74) is 2.93. The van der Waals surface area contributed by atoms with E-state index in [1.807, 2.05) is 30.5 Å². The van der Waals surface area contributed by atoms with Crippen LogP contribution in [0.2, 0.25) is 0 Å². The number of pyridine rings is 2. The molecule has 3 aromatic rings. The number of rotatable bonds is 4. The van der Waals surface area contributed by atoms with E-state index < -0.39 is 0 Å². The number of piperazine rings is 1. The van der Waals surface area contributed by atoms with Gasteiger partial charge in [0.2, 0.25) is 5.95 Å². The molecule has 3 aromatic heterocycles. The van der Waals surface area contributed by atoms with Crippen LogP contribution in [0.1, 0.15) is 0 Å². The number of likely N-dealkylation sites (N-methyl/N-ethyl adjacent to an activating group) is 1. The van der Waals surface area contributed by atoms with E-state index in [1.54, 1.807) is 18.6 Å². The van der Waals surface area contributed by atoms with Crippen LogP contribution >= 0.6 is 0 Å². The van der Waals surface area contributed by atoms with Gasteiger partial charge in [0.05, 0.1) is 17.6 Å². The van der Waals surface area contributed by atoms with Gasteiger partial charge >= 0.3 is 0 Å². The van der Waals surface area contributed by atoms with Crippen molar-refractivity contribution in [2.75, 3.05) is 43.4 Å². The first-order valence-electron chi connectivity index (χ1n) is 8.68. The number of anilines is 3. The maximum Gasteiger partial charge on any atom is 0.228 e. The first-order chi connectivity index (χ1) is 12.8. The van der Waals surface area contributed by atoms with E-state index in [0.717, 1.165) is 48.9 Å². The van der Waals surface area contributed by atoms with Crippen LogP contribution in [0.25, 0.3) is 11.3 Å². The van der Waals surface area contributed by atoms with Crippen molar-refractivity contribution in [1.82, 2.24) is 24.8 Å². The molecular formula is C19H21N7. The van der Waals surface area contributed by atoms with Crippen LogP contribution in [0.4, 0.5) is 17.5 Å². The molecule has 1 aliphatic rings. The second kappa shape index (κ2) is 7.45. The zero-order valence-corrected chi connectivity index (χ0v) is 14.7. The van der Waals surface area contributed by atoms with Gasteiger partial charge in [0.15, 0.2) is 0 Å². The maximum absolute atomic E-state index is 4.54. The molecule has 0 radical (unpaired) electrons. The smallest absolute Gasteiger partial charge is 0.228 e.